The first-order valence-electron chi connectivity index (χ1n) is 7.91. The van der Waals surface area contributed by atoms with Gasteiger partial charge in [0.2, 0.25) is 11.7 Å². The zero-order valence-electron chi connectivity index (χ0n) is 13.6. The monoisotopic (exact) mass is 395 g/mol. The molecule has 1 aliphatic rings. The van der Waals surface area contributed by atoms with Crippen LogP contribution in [0, 0.1) is 0 Å². The fraction of sp³-hybridized carbons (Fsp3) is 0.235. The minimum atomic E-state index is -4.76. The molecule has 10 heteroatoms. The smallest absolute Gasteiger partial charge is 0.406 e. The standard InChI is InChI=1S/C17H12F3N3O3S/c18-17(19,20)25-12-5-3-10(4-6-12)16(24)23-8-11(9-23)15-21-14(22-26-15)13-2-1-7-27-13/h1-7,11H,8-9H2. The van der Waals surface area contributed by atoms with Gasteiger partial charge in [-0.2, -0.15) is 4.98 Å². The summed E-state index contributed by atoms with van der Waals surface area (Å²) in [7, 11) is 0. The Kier molecular flexibility index (Phi) is 4.34. The van der Waals surface area contributed by atoms with Crippen LogP contribution in [0.3, 0.4) is 0 Å². The molecule has 27 heavy (non-hydrogen) atoms. The third-order valence-electron chi connectivity index (χ3n) is 4.04. The maximum Gasteiger partial charge on any atom is 0.573 e. The predicted molar refractivity (Wildman–Crippen MR) is 89.4 cm³/mol. The largest absolute Gasteiger partial charge is 0.573 e. The van der Waals surface area contributed by atoms with Crippen LogP contribution in [0.25, 0.3) is 10.7 Å². The number of amides is 1. The highest BCUT2D eigenvalue weighted by Gasteiger charge is 2.36. The second-order valence-electron chi connectivity index (χ2n) is 5.91. The summed E-state index contributed by atoms with van der Waals surface area (Å²) in [6.45, 7) is 0.817. The number of carbonyl (C=O) groups excluding carboxylic acids is 1. The zero-order chi connectivity index (χ0) is 19.0. The van der Waals surface area contributed by atoms with Gasteiger partial charge in [-0.1, -0.05) is 11.2 Å². The van der Waals surface area contributed by atoms with Crippen LogP contribution >= 0.6 is 11.3 Å². The Bertz CT molecular complexity index is 932. The van der Waals surface area contributed by atoms with Crippen molar-refractivity contribution in [2.24, 2.45) is 0 Å². The summed E-state index contributed by atoms with van der Waals surface area (Å²) in [5.41, 5.74) is 0.285. The summed E-state index contributed by atoms with van der Waals surface area (Å²) >= 11 is 1.50. The molecule has 1 amide bonds. The summed E-state index contributed by atoms with van der Waals surface area (Å²) in [6, 6.07) is 8.62. The molecule has 0 saturated carbocycles. The number of hydrogen-bond donors (Lipinski definition) is 0. The molecule has 1 fully saturated rings. The molecule has 1 aliphatic heterocycles. The number of nitrogens with zero attached hydrogens (tertiary/aromatic N) is 3. The van der Waals surface area contributed by atoms with E-state index in [1.54, 1.807) is 4.90 Å². The van der Waals surface area contributed by atoms with E-state index in [0.717, 1.165) is 17.0 Å². The van der Waals surface area contributed by atoms with Gasteiger partial charge in [0.05, 0.1) is 10.8 Å². The number of halogens is 3. The van der Waals surface area contributed by atoms with Crippen LogP contribution in [0.5, 0.6) is 5.75 Å². The molecule has 0 unspecified atom stereocenters. The Balaban J connectivity index is 1.36. The van der Waals surface area contributed by atoms with Crippen molar-refractivity contribution in [1.82, 2.24) is 15.0 Å². The van der Waals surface area contributed by atoms with E-state index in [-0.39, 0.29) is 23.1 Å². The number of likely N-dealkylation sites (tertiary alicyclic amines) is 1. The summed E-state index contributed by atoms with van der Waals surface area (Å²) in [5.74, 6) is 0.291. The highest BCUT2D eigenvalue weighted by atomic mass is 32.1. The Labute approximate surface area is 155 Å². The topological polar surface area (TPSA) is 68.5 Å². The van der Waals surface area contributed by atoms with Gasteiger partial charge >= 0.3 is 6.36 Å². The Hall–Kier alpha value is -2.88. The van der Waals surface area contributed by atoms with Crippen molar-refractivity contribution in [3.8, 4) is 16.5 Å². The van der Waals surface area contributed by atoms with E-state index in [0.29, 0.717) is 24.8 Å². The molecule has 0 spiro atoms. The Morgan fingerprint density at radius 2 is 1.96 bits per heavy atom. The predicted octanol–water partition coefficient (Wildman–Crippen LogP) is 3.94. The quantitative estimate of drug-likeness (QED) is 0.669. The lowest BCUT2D eigenvalue weighted by atomic mass is 9.99. The number of ether oxygens (including phenoxy) is 1. The number of carbonyl (C=O) groups is 1. The van der Waals surface area contributed by atoms with E-state index in [1.807, 2.05) is 17.5 Å². The molecule has 140 valence electrons. The third-order valence-corrected chi connectivity index (χ3v) is 4.90. The molecule has 0 aliphatic carbocycles. The maximum absolute atomic E-state index is 12.4. The number of benzene rings is 1. The van der Waals surface area contributed by atoms with Gasteiger partial charge in [-0.3, -0.25) is 4.79 Å². The normalized spacial score (nSPS) is 14.9. The van der Waals surface area contributed by atoms with Crippen molar-refractivity contribution in [3.05, 3.63) is 53.2 Å². The van der Waals surface area contributed by atoms with Gasteiger partial charge < -0.3 is 14.2 Å². The van der Waals surface area contributed by atoms with E-state index < -0.39 is 6.36 Å². The first kappa shape index (κ1) is 17.5. The highest BCUT2D eigenvalue weighted by Crippen LogP contribution is 2.30. The zero-order valence-corrected chi connectivity index (χ0v) is 14.5. The molecule has 3 heterocycles. The van der Waals surface area contributed by atoms with E-state index in [9.17, 15) is 18.0 Å². The maximum atomic E-state index is 12.4. The fourth-order valence-electron chi connectivity index (χ4n) is 2.69. The van der Waals surface area contributed by atoms with Crippen molar-refractivity contribution in [3.63, 3.8) is 0 Å². The lowest BCUT2D eigenvalue weighted by Crippen LogP contribution is -2.48. The molecular weight excluding hydrogens is 383 g/mol. The van der Waals surface area contributed by atoms with Crippen molar-refractivity contribution in [1.29, 1.82) is 0 Å². The SMILES string of the molecule is O=C(c1ccc(OC(F)(F)F)cc1)N1CC(c2nc(-c3cccs3)no2)C1. The summed E-state index contributed by atoms with van der Waals surface area (Å²) in [4.78, 5) is 19.2. The summed E-state index contributed by atoms with van der Waals surface area (Å²) < 4.78 is 45.6. The minimum Gasteiger partial charge on any atom is -0.406 e. The molecule has 1 saturated heterocycles. The average Bonchev–Trinajstić information content (AvgIpc) is 3.24. The second-order valence-corrected chi connectivity index (χ2v) is 6.86. The van der Waals surface area contributed by atoms with Crippen LogP contribution in [0.1, 0.15) is 22.2 Å². The molecule has 4 rings (SSSR count). The first-order valence-corrected chi connectivity index (χ1v) is 8.79. The van der Waals surface area contributed by atoms with Crippen molar-refractivity contribution < 1.29 is 27.2 Å². The van der Waals surface area contributed by atoms with Gasteiger partial charge in [-0.05, 0) is 35.7 Å². The van der Waals surface area contributed by atoms with Gasteiger partial charge in [0.15, 0.2) is 0 Å². The molecule has 6 nitrogen and oxygen atoms in total. The van der Waals surface area contributed by atoms with E-state index in [4.69, 9.17) is 4.52 Å². The van der Waals surface area contributed by atoms with Gasteiger partial charge in [0.1, 0.15) is 5.75 Å². The minimum absolute atomic E-state index is 0.0528. The number of alkyl halides is 3. The van der Waals surface area contributed by atoms with Crippen LogP contribution < -0.4 is 4.74 Å². The van der Waals surface area contributed by atoms with Crippen LogP contribution in [0.2, 0.25) is 0 Å². The lowest BCUT2D eigenvalue weighted by molar-refractivity contribution is -0.274. The van der Waals surface area contributed by atoms with Crippen LogP contribution in [0.15, 0.2) is 46.3 Å². The van der Waals surface area contributed by atoms with Crippen molar-refractivity contribution in [2.45, 2.75) is 12.3 Å². The Morgan fingerprint density at radius 3 is 2.59 bits per heavy atom. The number of thiophene rings is 1. The molecule has 1 aromatic carbocycles. The van der Waals surface area contributed by atoms with E-state index in [1.165, 1.54) is 23.5 Å². The van der Waals surface area contributed by atoms with E-state index >= 15 is 0 Å². The fourth-order valence-corrected chi connectivity index (χ4v) is 3.34. The van der Waals surface area contributed by atoms with Crippen LogP contribution in [-0.4, -0.2) is 40.4 Å². The van der Waals surface area contributed by atoms with Crippen molar-refractivity contribution >= 4 is 17.2 Å². The molecular formula is C17H12F3N3O3S. The molecule has 0 N–H and O–H groups in total. The number of hydrogen-bond acceptors (Lipinski definition) is 6. The van der Waals surface area contributed by atoms with Gasteiger partial charge in [0.25, 0.3) is 5.91 Å². The van der Waals surface area contributed by atoms with Crippen molar-refractivity contribution in [2.75, 3.05) is 13.1 Å². The molecule has 2 aromatic heterocycles. The Morgan fingerprint density at radius 1 is 1.22 bits per heavy atom. The third kappa shape index (κ3) is 3.80. The molecule has 0 bridgehead atoms. The van der Waals surface area contributed by atoms with Crippen LogP contribution in [0.4, 0.5) is 13.2 Å². The average molecular weight is 395 g/mol. The molecule has 0 radical (unpaired) electrons. The first-order chi connectivity index (χ1) is 12.9. The summed E-state index contributed by atoms with van der Waals surface area (Å²) in [5, 5.41) is 5.86. The number of aromatic nitrogens is 2. The van der Waals surface area contributed by atoms with Gasteiger partial charge in [-0.25, -0.2) is 0 Å². The summed E-state index contributed by atoms with van der Waals surface area (Å²) in [6.07, 6.45) is -4.76. The lowest BCUT2D eigenvalue weighted by Gasteiger charge is -2.37. The molecule has 0 atom stereocenters. The van der Waals surface area contributed by atoms with Gasteiger partial charge in [-0.15, -0.1) is 24.5 Å². The van der Waals surface area contributed by atoms with Gasteiger partial charge in [0, 0.05) is 18.7 Å². The highest BCUT2D eigenvalue weighted by molar-refractivity contribution is 7.13. The van der Waals surface area contributed by atoms with E-state index in [2.05, 4.69) is 14.9 Å². The number of rotatable bonds is 4. The van der Waals surface area contributed by atoms with Crippen LogP contribution in [-0.2, 0) is 0 Å². The molecule has 3 aromatic rings. The second kappa shape index (κ2) is 6.69.